The predicted octanol–water partition coefficient (Wildman–Crippen LogP) is 2.22. The first-order chi connectivity index (χ1) is 14.3. The van der Waals surface area contributed by atoms with Crippen LogP contribution in [0.15, 0.2) is 18.2 Å². The van der Waals surface area contributed by atoms with Gasteiger partial charge < -0.3 is 20.1 Å². The highest BCUT2D eigenvalue weighted by atomic mass is 32.2. The minimum Gasteiger partial charge on any atom is -0.497 e. The Morgan fingerprint density at radius 2 is 2.13 bits per heavy atom. The molecule has 0 spiro atoms. The molecule has 1 aliphatic heterocycles. The van der Waals surface area contributed by atoms with E-state index in [0.717, 1.165) is 0 Å². The molecule has 30 heavy (non-hydrogen) atoms. The number of nitrogens with one attached hydrogen (secondary N) is 2. The number of esters is 1. The number of carbonyl (C=O) groups excluding carboxylic acids is 3. The zero-order valence-electron chi connectivity index (χ0n) is 17.6. The van der Waals surface area contributed by atoms with Gasteiger partial charge in [-0.3, -0.25) is 9.59 Å². The number of halogens is 1. The van der Waals surface area contributed by atoms with Gasteiger partial charge in [0.1, 0.15) is 17.6 Å². The molecule has 1 fully saturated rings. The van der Waals surface area contributed by atoms with E-state index in [9.17, 15) is 18.8 Å². The van der Waals surface area contributed by atoms with Crippen LogP contribution in [-0.2, 0) is 25.5 Å². The standard InChI is InChI=1S/C21H29FN2O5S/c1-28-15-5-4-14(16(22)12-15)13-21(10-7-19(26)24-21)9-6-18(25)23-17(8-11-30-3)20(27)29-2/h4-5,12,17H,6-11,13H2,1-3H3,(H,23,25)(H,24,26)/t17-,21-/m0/s1. The van der Waals surface area contributed by atoms with Crippen molar-refractivity contribution in [2.45, 2.75) is 50.1 Å². The summed E-state index contributed by atoms with van der Waals surface area (Å²) < 4.78 is 24.2. The predicted molar refractivity (Wildman–Crippen MR) is 113 cm³/mol. The van der Waals surface area contributed by atoms with Gasteiger partial charge in [0, 0.05) is 24.4 Å². The van der Waals surface area contributed by atoms with Crippen molar-refractivity contribution in [2.24, 2.45) is 0 Å². The molecule has 0 aromatic heterocycles. The van der Waals surface area contributed by atoms with Crippen LogP contribution in [0.1, 0.15) is 37.7 Å². The Balaban J connectivity index is 2.04. The fourth-order valence-electron chi connectivity index (χ4n) is 3.59. The summed E-state index contributed by atoms with van der Waals surface area (Å²) in [5.41, 5.74) is -0.255. The van der Waals surface area contributed by atoms with E-state index in [1.54, 1.807) is 23.9 Å². The van der Waals surface area contributed by atoms with Crippen LogP contribution in [0.3, 0.4) is 0 Å². The van der Waals surface area contributed by atoms with Crippen LogP contribution in [0.5, 0.6) is 5.75 Å². The van der Waals surface area contributed by atoms with Gasteiger partial charge in [-0.2, -0.15) is 11.8 Å². The van der Waals surface area contributed by atoms with Crippen molar-refractivity contribution in [3.8, 4) is 5.75 Å². The summed E-state index contributed by atoms with van der Waals surface area (Å²) in [6.45, 7) is 0. The van der Waals surface area contributed by atoms with Crippen LogP contribution >= 0.6 is 11.8 Å². The third kappa shape index (κ3) is 6.62. The Morgan fingerprint density at radius 3 is 2.70 bits per heavy atom. The Kier molecular flexibility index (Phi) is 8.95. The van der Waals surface area contributed by atoms with Crippen molar-refractivity contribution < 1.29 is 28.2 Å². The lowest BCUT2D eigenvalue weighted by Crippen LogP contribution is -2.46. The Morgan fingerprint density at radius 1 is 1.37 bits per heavy atom. The number of amides is 2. The summed E-state index contributed by atoms with van der Waals surface area (Å²) in [6.07, 6.45) is 3.95. The van der Waals surface area contributed by atoms with Gasteiger partial charge in [0.2, 0.25) is 11.8 Å². The highest BCUT2D eigenvalue weighted by Crippen LogP contribution is 2.31. The number of hydrogen-bond acceptors (Lipinski definition) is 6. The van der Waals surface area contributed by atoms with Crippen LogP contribution in [0.2, 0.25) is 0 Å². The quantitative estimate of drug-likeness (QED) is 0.513. The Bertz CT molecular complexity index is 776. The Labute approximate surface area is 180 Å². The molecule has 0 bridgehead atoms. The summed E-state index contributed by atoms with van der Waals surface area (Å²) in [5, 5.41) is 5.65. The van der Waals surface area contributed by atoms with Crippen molar-refractivity contribution in [3.05, 3.63) is 29.6 Å². The van der Waals surface area contributed by atoms with Gasteiger partial charge in [-0.05, 0) is 49.3 Å². The first-order valence-corrected chi connectivity index (χ1v) is 11.2. The van der Waals surface area contributed by atoms with E-state index < -0.39 is 23.4 Å². The minimum absolute atomic E-state index is 0.102. The molecule has 1 aromatic rings. The molecule has 9 heteroatoms. The molecule has 2 amide bonds. The zero-order chi connectivity index (χ0) is 22.1. The summed E-state index contributed by atoms with van der Waals surface area (Å²) in [7, 11) is 2.75. The van der Waals surface area contributed by atoms with Gasteiger partial charge in [-0.25, -0.2) is 9.18 Å². The average molecular weight is 441 g/mol. The molecule has 0 radical (unpaired) electrons. The molecule has 2 rings (SSSR count). The van der Waals surface area contributed by atoms with E-state index in [1.807, 2.05) is 6.26 Å². The summed E-state index contributed by atoms with van der Waals surface area (Å²) in [6, 6.07) is 3.90. The van der Waals surface area contributed by atoms with Crippen LogP contribution in [0.25, 0.3) is 0 Å². The second-order valence-electron chi connectivity index (χ2n) is 7.39. The van der Waals surface area contributed by atoms with Gasteiger partial charge in [-0.15, -0.1) is 0 Å². The van der Waals surface area contributed by atoms with E-state index in [4.69, 9.17) is 9.47 Å². The molecule has 7 nitrogen and oxygen atoms in total. The lowest BCUT2D eigenvalue weighted by atomic mass is 9.84. The first kappa shape index (κ1) is 24.0. The number of benzene rings is 1. The Hall–Kier alpha value is -2.29. The zero-order valence-corrected chi connectivity index (χ0v) is 18.4. The third-order valence-corrected chi connectivity index (χ3v) is 5.93. The van der Waals surface area contributed by atoms with Crippen molar-refractivity contribution in [3.63, 3.8) is 0 Å². The number of methoxy groups -OCH3 is 2. The number of ether oxygens (including phenoxy) is 2. The molecule has 1 aliphatic rings. The van der Waals surface area contributed by atoms with Crippen LogP contribution in [0.4, 0.5) is 4.39 Å². The van der Waals surface area contributed by atoms with Crippen LogP contribution in [-0.4, -0.2) is 55.6 Å². The molecule has 0 aliphatic carbocycles. The van der Waals surface area contributed by atoms with Crippen LogP contribution < -0.4 is 15.4 Å². The average Bonchev–Trinajstić information content (AvgIpc) is 3.11. The van der Waals surface area contributed by atoms with Gasteiger partial charge >= 0.3 is 5.97 Å². The minimum atomic E-state index is -0.705. The second-order valence-corrected chi connectivity index (χ2v) is 8.37. The molecule has 0 unspecified atom stereocenters. The maximum atomic E-state index is 14.4. The highest BCUT2D eigenvalue weighted by Gasteiger charge is 2.38. The van der Waals surface area contributed by atoms with E-state index in [1.165, 1.54) is 20.3 Å². The normalized spacial score (nSPS) is 19.1. The number of thioether (sulfide) groups is 1. The molecular formula is C21H29FN2O5S. The maximum absolute atomic E-state index is 14.4. The van der Waals surface area contributed by atoms with Crippen molar-refractivity contribution >= 4 is 29.5 Å². The smallest absolute Gasteiger partial charge is 0.328 e. The molecule has 166 valence electrons. The summed E-state index contributed by atoms with van der Waals surface area (Å²) >= 11 is 1.57. The van der Waals surface area contributed by atoms with Gasteiger partial charge in [0.15, 0.2) is 0 Å². The molecule has 2 N–H and O–H groups in total. The van der Waals surface area contributed by atoms with Crippen molar-refractivity contribution in [2.75, 3.05) is 26.2 Å². The van der Waals surface area contributed by atoms with Gasteiger partial charge in [-0.1, -0.05) is 6.07 Å². The maximum Gasteiger partial charge on any atom is 0.328 e. The third-order valence-electron chi connectivity index (χ3n) is 5.29. The summed E-state index contributed by atoms with van der Waals surface area (Å²) in [4.78, 5) is 36.3. The molecule has 0 saturated carbocycles. The number of carbonyl (C=O) groups is 3. The molecular weight excluding hydrogens is 411 g/mol. The molecule has 1 heterocycles. The van der Waals surface area contributed by atoms with Gasteiger partial charge in [0.05, 0.1) is 14.2 Å². The lowest BCUT2D eigenvalue weighted by molar-refractivity contribution is -0.145. The SMILES string of the molecule is COC(=O)[C@H](CCSC)NC(=O)CC[C@@]1(Cc2ccc(OC)cc2F)CCC(=O)N1. The topological polar surface area (TPSA) is 93.7 Å². The van der Waals surface area contributed by atoms with Gasteiger partial charge in [0.25, 0.3) is 0 Å². The second kappa shape index (κ2) is 11.2. The molecule has 2 atom stereocenters. The van der Waals surface area contributed by atoms with E-state index in [0.29, 0.717) is 42.7 Å². The van der Waals surface area contributed by atoms with E-state index in [-0.39, 0.29) is 24.7 Å². The fourth-order valence-corrected chi connectivity index (χ4v) is 4.06. The molecule has 1 aromatic carbocycles. The number of rotatable bonds is 11. The molecule has 1 saturated heterocycles. The fraction of sp³-hybridized carbons (Fsp3) is 0.571. The highest BCUT2D eigenvalue weighted by molar-refractivity contribution is 7.98. The van der Waals surface area contributed by atoms with E-state index >= 15 is 0 Å². The largest absolute Gasteiger partial charge is 0.497 e. The lowest BCUT2D eigenvalue weighted by Gasteiger charge is -2.30. The van der Waals surface area contributed by atoms with Crippen LogP contribution in [0, 0.1) is 5.82 Å². The monoisotopic (exact) mass is 440 g/mol. The van der Waals surface area contributed by atoms with Crippen molar-refractivity contribution in [1.82, 2.24) is 10.6 Å². The van der Waals surface area contributed by atoms with E-state index in [2.05, 4.69) is 10.6 Å². The first-order valence-electron chi connectivity index (χ1n) is 9.82. The number of hydrogen-bond donors (Lipinski definition) is 2. The summed E-state index contributed by atoms with van der Waals surface area (Å²) in [5.74, 6) is -0.196. The van der Waals surface area contributed by atoms with Crippen molar-refractivity contribution in [1.29, 1.82) is 0 Å².